The Hall–Kier alpha value is -3.75. The van der Waals surface area contributed by atoms with Gasteiger partial charge in [0.25, 0.3) is 11.8 Å². The molecule has 39 heavy (non-hydrogen) atoms. The lowest BCUT2D eigenvalue weighted by Gasteiger charge is -2.26. The first kappa shape index (κ1) is 28.3. The van der Waals surface area contributed by atoms with Gasteiger partial charge in [0.1, 0.15) is 0 Å². The zero-order chi connectivity index (χ0) is 27.6. The average Bonchev–Trinajstić information content (AvgIpc) is 3.24. The summed E-state index contributed by atoms with van der Waals surface area (Å²) in [5.41, 5.74) is 3.34. The van der Waals surface area contributed by atoms with E-state index in [9.17, 15) is 24.0 Å². The van der Waals surface area contributed by atoms with Gasteiger partial charge in [-0.2, -0.15) is 0 Å². The topological polar surface area (TPSA) is 113 Å². The first-order chi connectivity index (χ1) is 18.9. The van der Waals surface area contributed by atoms with Gasteiger partial charge in [0.15, 0.2) is 0 Å². The van der Waals surface area contributed by atoms with Crippen LogP contribution in [0.25, 0.3) is 0 Å². The van der Waals surface area contributed by atoms with Crippen molar-refractivity contribution in [1.82, 2.24) is 10.4 Å². The van der Waals surface area contributed by atoms with E-state index in [0.717, 1.165) is 22.4 Å². The van der Waals surface area contributed by atoms with Crippen LogP contribution in [0.15, 0.2) is 48.5 Å². The second-order valence-corrected chi connectivity index (χ2v) is 11.4. The van der Waals surface area contributed by atoms with Gasteiger partial charge in [-0.15, -0.1) is 5.06 Å². The fourth-order valence-electron chi connectivity index (χ4n) is 3.93. The van der Waals surface area contributed by atoms with Crippen LogP contribution in [0.1, 0.15) is 48.8 Å². The number of carbonyl (C=O) groups is 5. The Morgan fingerprint density at radius 3 is 2.31 bits per heavy atom. The van der Waals surface area contributed by atoms with Crippen LogP contribution in [0.4, 0.5) is 5.69 Å². The SMILES string of the molecule is O=C(CCC(=O)N1Cc2ccccc2C#Cc2ccccc21)NCCSSCCC(=O)ON1C(=O)CCC1=O. The zero-order valence-electron chi connectivity index (χ0n) is 21.1. The molecule has 2 aliphatic rings. The minimum Gasteiger partial charge on any atom is -0.355 e. The molecule has 4 amide bonds. The number of benzene rings is 2. The van der Waals surface area contributed by atoms with Gasteiger partial charge >= 0.3 is 5.97 Å². The Balaban J connectivity index is 1.15. The highest BCUT2D eigenvalue weighted by Gasteiger charge is 2.32. The first-order valence-electron chi connectivity index (χ1n) is 12.5. The van der Waals surface area contributed by atoms with Crippen molar-refractivity contribution in [3.63, 3.8) is 0 Å². The molecule has 0 unspecified atom stereocenters. The maximum absolute atomic E-state index is 13.2. The Morgan fingerprint density at radius 2 is 1.51 bits per heavy atom. The van der Waals surface area contributed by atoms with E-state index in [1.54, 1.807) is 4.90 Å². The third-order valence-corrected chi connectivity index (χ3v) is 8.33. The minimum atomic E-state index is -0.636. The number of carbonyl (C=O) groups excluding carboxylic acids is 5. The highest BCUT2D eigenvalue weighted by Crippen LogP contribution is 2.26. The van der Waals surface area contributed by atoms with E-state index in [2.05, 4.69) is 17.2 Å². The summed E-state index contributed by atoms with van der Waals surface area (Å²) >= 11 is 0. The van der Waals surface area contributed by atoms with E-state index in [4.69, 9.17) is 4.84 Å². The molecule has 2 aliphatic heterocycles. The van der Waals surface area contributed by atoms with E-state index >= 15 is 0 Å². The summed E-state index contributed by atoms with van der Waals surface area (Å²) in [4.78, 5) is 66.8. The molecule has 0 atom stereocenters. The lowest BCUT2D eigenvalue weighted by atomic mass is 10.0. The molecular weight excluding hydrogens is 538 g/mol. The van der Waals surface area contributed by atoms with Crippen LogP contribution >= 0.6 is 21.6 Å². The predicted molar refractivity (Wildman–Crippen MR) is 149 cm³/mol. The summed E-state index contributed by atoms with van der Waals surface area (Å²) in [6.07, 6.45) is 0.322. The largest absolute Gasteiger partial charge is 0.355 e. The van der Waals surface area contributed by atoms with Crippen molar-refractivity contribution in [2.24, 2.45) is 0 Å². The number of imide groups is 1. The maximum atomic E-state index is 13.2. The average molecular weight is 566 g/mol. The van der Waals surface area contributed by atoms with Gasteiger partial charge < -0.3 is 15.1 Å². The number of amides is 4. The monoisotopic (exact) mass is 565 g/mol. The third-order valence-electron chi connectivity index (χ3n) is 5.92. The molecule has 4 rings (SSSR count). The van der Waals surface area contributed by atoms with Gasteiger partial charge in [-0.3, -0.25) is 19.2 Å². The predicted octanol–water partition coefficient (Wildman–Crippen LogP) is 3.21. The van der Waals surface area contributed by atoms with Crippen molar-refractivity contribution in [3.8, 4) is 11.8 Å². The van der Waals surface area contributed by atoms with Gasteiger partial charge in [-0.25, -0.2) is 4.79 Å². The number of fused-ring (bicyclic) bond motifs is 2. The van der Waals surface area contributed by atoms with Crippen LogP contribution < -0.4 is 10.2 Å². The number of anilines is 1. The summed E-state index contributed by atoms with van der Waals surface area (Å²) in [6, 6.07) is 15.3. The molecule has 0 bridgehead atoms. The van der Waals surface area contributed by atoms with E-state index in [0.29, 0.717) is 29.7 Å². The van der Waals surface area contributed by atoms with Crippen molar-refractivity contribution in [3.05, 3.63) is 65.2 Å². The zero-order valence-corrected chi connectivity index (χ0v) is 22.8. The lowest BCUT2D eigenvalue weighted by Crippen LogP contribution is -2.33. The number of hydroxylamine groups is 2. The molecule has 0 aromatic heterocycles. The Labute approximate surface area is 234 Å². The van der Waals surface area contributed by atoms with Crippen molar-refractivity contribution >= 4 is 56.9 Å². The fraction of sp³-hybridized carbons (Fsp3) is 0.321. The molecular formula is C28H27N3O6S2. The van der Waals surface area contributed by atoms with Crippen molar-refractivity contribution in [2.75, 3.05) is 23.0 Å². The number of nitrogens with zero attached hydrogens (tertiary/aromatic N) is 2. The summed E-state index contributed by atoms with van der Waals surface area (Å²) in [5, 5.41) is 3.36. The van der Waals surface area contributed by atoms with E-state index in [1.807, 2.05) is 48.5 Å². The Bertz CT molecular complexity index is 1320. The molecule has 0 saturated carbocycles. The normalized spacial score (nSPS) is 13.9. The van der Waals surface area contributed by atoms with Crippen LogP contribution in [0.3, 0.4) is 0 Å². The summed E-state index contributed by atoms with van der Waals surface area (Å²) < 4.78 is 0. The molecule has 1 N–H and O–H groups in total. The Kier molecular flexibility index (Phi) is 10.1. The molecule has 0 aliphatic carbocycles. The van der Waals surface area contributed by atoms with Gasteiger partial charge in [0.05, 0.1) is 18.7 Å². The molecule has 0 spiro atoms. The van der Waals surface area contributed by atoms with Crippen molar-refractivity contribution in [1.29, 1.82) is 0 Å². The highest BCUT2D eigenvalue weighted by molar-refractivity contribution is 8.76. The van der Waals surface area contributed by atoms with E-state index in [-0.39, 0.29) is 43.9 Å². The molecule has 2 heterocycles. The molecule has 9 nitrogen and oxygen atoms in total. The van der Waals surface area contributed by atoms with E-state index < -0.39 is 17.8 Å². The van der Waals surface area contributed by atoms with Crippen molar-refractivity contribution in [2.45, 2.75) is 38.6 Å². The van der Waals surface area contributed by atoms with Crippen molar-refractivity contribution < 1.29 is 28.8 Å². The number of hydrogen-bond acceptors (Lipinski definition) is 8. The van der Waals surface area contributed by atoms with Crippen LogP contribution in [-0.4, -0.2) is 52.7 Å². The summed E-state index contributed by atoms with van der Waals surface area (Å²) in [6.45, 7) is 0.801. The second kappa shape index (κ2) is 13.9. The molecule has 0 radical (unpaired) electrons. The minimum absolute atomic E-state index is 0.0544. The van der Waals surface area contributed by atoms with Crippen LogP contribution in [-0.2, 0) is 35.4 Å². The molecule has 1 saturated heterocycles. The fourth-order valence-corrected chi connectivity index (χ4v) is 5.81. The maximum Gasteiger partial charge on any atom is 0.334 e. The lowest BCUT2D eigenvalue weighted by molar-refractivity contribution is -0.197. The third kappa shape index (κ3) is 7.88. The quantitative estimate of drug-likeness (QED) is 0.191. The Morgan fingerprint density at radius 1 is 0.846 bits per heavy atom. The first-order valence-corrected chi connectivity index (χ1v) is 15.0. The second-order valence-electron chi connectivity index (χ2n) is 8.69. The van der Waals surface area contributed by atoms with Crippen LogP contribution in [0, 0.1) is 11.8 Å². The molecule has 202 valence electrons. The molecule has 11 heteroatoms. The van der Waals surface area contributed by atoms with Crippen LogP contribution in [0.5, 0.6) is 0 Å². The van der Waals surface area contributed by atoms with Gasteiger partial charge in [-0.1, -0.05) is 63.8 Å². The number of para-hydroxylation sites is 1. The van der Waals surface area contributed by atoms with E-state index in [1.165, 1.54) is 21.6 Å². The number of nitrogens with one attached hydrogen (secondary N) is 1. The summed E-state index contributed by atoms with van der Waals surface area (Å²) in [5.74, 6) is 5.40. The standard InChI is InChI=1S/C28H27N3O6S2/c32-24(29-16-18-39-38-17-15-28(36)37-31-26(34)13-14-27(31)35)11-12-25(33)30-19-22-7-2-1-5-20(22)9-10-21-6-3-4-8-23(21)30/h1-8H,11-19H2,(H,29,32). The molecule has 2 aromatic rings. The number of hydrogen-bond donors (Lipinski definition) is 1. The molecule has 1 fully saturated rings. The molecule has 2 aromatic carbocycles. The highest BCUT2D eigenvalue weighted by atomic mass is 33.1. The summed E-state index contributed by atoms with van der Waals surface area (Å²) in [7, 11) is 2.90. The smallest absolute Gasteiger partial charge is 0.334 e. The van der Waals surface area contributed by atoms with Gasteiger partial charge in [0.2, 0.25) is 11.8 Å². The number of rotatable bonds is 11. The van der Waals surface area contributed by atoms with Gasteiger partial charge in [-0.05, 0) is 23.8 Å². The van der Waals surface area contributed by atoms with Crippen LogP contribution in [0.2, 0.25) is 0 Å². The van der Waals surface area contributed by atoms with Gasteiger partial charge in [0, 0.05) is 54.9 Å².